The molecule has 4 heteroatoms. The lowest BCUT2D eigenvalue weighted by atomic mass is 10.0. The molecule has 0 aromatic carbocycles. The van der Waals surface area contributed by atoms with Gasteiger partial charge in [0.15, 0.2) is 0 Å². The van der Waals surface area contributed by atoms with Crippen LogP contribution in [-0.2, 0) is 4.79 Å². The first-order chi connectivity index (χ1) is 7.88. The van der Waals surface area contributed by atoms with Gasteiger partial charge in [-0.3, -0.25) is 4.79 Å². The lowest BCUT2D eigenvalue weighted by Crippen LogP contribution is -2.44. The number of likely N-dealkylation sites (N-methyl/N-ethyl adjacent to an activating group) is 1. The van der Waals surface area contributed by atoms with Gasteiger partial charge in [0.25, 0.3) is 0 Å². The van der Waals surface area contributed by atoms with Gasteiger partial charge in [-0.1, -0.05) is 20.8 Å². The van der Waals surface area contributed by atoms with E-state index in [1.807, 2.05) is 0 Å². The van der Waals surface area contributed by atoms with Crippen molar-refractivity contribution in [1.82, 2.24) is 10.2 Å². The minimum absolute atomic E-state index is 0.0312. The molecular weight excluding hydrogens is 214 g/mol. The third-order valence-corrected chi connectivity index (χ3v) is 3.17. The molecule has 0 bridgehead atoms. The summed E-state index contributed by atoms with van der Waals surface area (Å²) in [6.07, 6.45) is 1.87. The van der Waals surface area contributed by atoms with E-state index in [0.717, 1.165) is 19.4 Å². The van der Waals surface area contributed by atoms with Gasteiger partial charge in [0.05, 0.1) is 6.04 Å². The lowest BCUT2D eigenvalue weighted by molar-refractivity contribution is -0.122. The van der Waals surface area contributed by atoms with Gasteiger partial charge in [0.2, 0.25) is 5.91 Å². The summed E-state index contributed by atoms with van der Waals surface area (Å²) in [5, 5.41) is 2.89. The van der Waals surface area contributed by atoms with Crippen LogP contribution >= 0.6 is 0 Å². The Kier molecular flexibility index (Phi) is 8.17. The number of hydrogen-bond donors (Lipinski definition) is 2. The van der Waals surface area contributed by atoms with E-state index in [1.165, 1.54) is 0 Å². The number of carbonyl (C=O) groups is 1. The molecule has 0 heterocycles. The maximum absolute atomic E-state index is 11.6. The molecule has 0 radical (unpaired) electrons. The second-order valence-corrected chi connectivity index (χ2v) is 5.26. The second-order valence-electron chi connectivity index (χ2n) is 5.26. The second kappa shape index (κ2) is 8.48. The Hall–Kier alpha value is -0.610. The van der Waals surface area contributed by atoms with Gasteiger partial charge in [-0.2, -0.15) is 0 Å². The van der Waals surface area contributed by atoms with Crippen LogP contribution in [0.1, 0.15) is 40.5 Å². The molecule has 1 unspecified atom stereocenters. The number of hydrogen-bond acceptors (Lipinski definition) is 3. The average Bonchev–Trinajstić information content (AvgIpc) is 2.26. The zero-order valence-electron chi connectivity index (χ0n) is 12.0. The molecule has 102 valence electrons. The standard InChI is InChI=1S/C13H29N3O/c1-6-11(4)16(5)8-7-15-13(17)12(14)9-10(2)3/h10-12H,6-9,14H2,1-5H3,(H,15,17)/t11?,12-/m0/s1. The van der Waals surface area contributed by atoms with Crippen LogP contribution in [0.25, 0.3) is 0 Å². The van der Waals surface area contributed by atoms with Crippen molar-refractivity contribution in [2.24, 2.45) is 11.7 Å². The van der Waals surface area contributed by atoms with Crippen molar-refractivity contribution in [3.05, 3.63) is 0 Å². The van der Waals surface area contributed by atoms with Crippen LogP contribution in [0.5, 0.6) is 0 Å². The molecule has 2 atom stereocenters. The Morgan fingerprint density at radius 1 is 1.35 bits per heavy atom. The Balaban J connectivity index is 3.77. The molecule has 0 fully saturated rings. The van der Waals surface area contributed by atoms with E-state index in [4.69, 9.17) is 5.73 Å². The summed E-state index contributed by atoms with van der Waals surface area (Å²) in [7, 11) is 2.08. The Bertz CT molecular complexity index is 219. The van der Waals surface area contributed by atoms with Crippen LogP contribution in [0.2, 0.25) is 0 Å². The monoisotopic (exact) mass is 243 g/mol. The third kappa shape index (κ3) is 7.34. The molecular formula is C13H29N3O. The molecule has 0 aliphatic carbocycles. The Morgan fingerprint density at radius 3 is 2.41 bits per heavy atom. The van der Waals surface area contributed by atoms with Crippen LogP contribution < -0.4 is 11.1 Å². The van der Waals surface area contributed by atoms with Crippen molar-refractivity contribution >= 4 is 5.91 Å². The molecule has 0 spiro atoms. The average molecular weight is 243 g/mol. The predicted molar refractivity (Wildman–Crippen MR) is 72.8 cm³/mol. The van der Waals surface area contributed by atoms with Crippen molar-refractivity contribution < 1.29 is 4.79 Å². The number of amides is 1. The van der Waals surface area contributed by atoms with E-state index in [-0.39, 0.29) is 11.9 Å². The van der Waals surface area contributed by atoms with Crippen molar-refractivity contribution in [2.45, 2.75) is 52.6 Å². The van der Waals surface area contributed by atoms with E-state index in [2.05, 4.69) is 45.0 Å². The van der Waals surface area contributed by atoms with Gasteiger partial charge in [-0.15, -0.1) is 0 Å². The summed E-state index contributed by atoms with van der Waals surface area (Å²) in [5.41, 5.74) is 5.80. The van der Waals surface area contributed by atoms with Crippen LogP contribution in [0.15, 0.2) is 0 Å². The zero-order valence-corrected chi connectivity index (χ0v) is 12.0. The fourth-order valence-corrected chi connectivity index (χ4v) is 1.63. The molecule has 0 saturated heterocycles. The van der Waals surface area contributed by atoms with E-state index < -0.39 is 0 Å². The fraction of sp³-hybridized carbons (Fsp3) is 0.923. The number of nitrogens with two attached hydrogens (primary N) is 1. The minimum Gasteiger partial charge on any atom is -0.353 e. The molecule has 3 N–H and O–H groups in total. The van der Waals surface area contributed by atoms with Crippen LogP contribution in [0.4, 0.5) is 0 Å². The van der Waals surface area contributed by atoms with Crippen molar-refractivity contribution in [1.29, 1.82) is 0 Å². The van der Waals surface area contributed by atoms with Crippen molar-refractivity contribution in [3.63, 3.8) is 0 Å². The summed E-state index contributed by atoms with van der Waals surface area (Å²) in [5.74, 6) is 0.426. The predicted octanol–water partition coefficient (Wildman–Crippen LogP) is 1.21. The van der Waals surface area contributed by atoms with Crippen LogP contribution in [-0.4, -0.2) is 43.0 Å². The van der Waals surface area contributed by atoms with Gasteiger partial charge in [-0.25, -0.2) is 0 Å². The van der Waals surface area contributed by atoms with Gasteiger partial charge < -0.3 is 16.0 Å². The molecule has 0 aliphatic rings. The SMILES string of the molecule is CCC(C)N(C)CCNC(=O)[C@@H](N)CC(C)C. The molecule has 0 aromatic rings. The first kappa shape index (κ1) is 16.4. The highest BCUT2D eigenvalue weighted by Gasteiger charge is 2.14. The molecule has 17 heavy (non-hydrogen) atoms. The topological polar surface area (TPSA) is 58.4 Å². The molecule has 0 aliphatic heterocycles. The van der Waals surface area contributed by atoms with E-state index in [1.54, 1.807) is 0 Å². The fourth-order valence-electron chi connectivity index (χ4n) is 1.63. The maximum Gasteiger partial charge on any atom is 0.236 e. The van der Waals surface area contributed by atoms with E-state index >= 15 is 0 Å². The molecule has 4 nitrogen and oxygen atoms in total. The summed E-state index contributed by atoms with van der Waals surface area (Å²) in [6.45, 7) is 10.0. The van der Waals surface area contributed by atoms with Crippen LogP contribution in [0, 0.1) is 5.92 Å². The normalized spacial score (nSPS) is 15.1. The molecule has 0 aromatic heterocycles. The van der Waals surface area contributed by atoms with Crippen molar-refractivity contribution in [2.75, 3.05) is 20.1 Å². The molecule has 1 amide bonds. The van der Waals surface area contributed by atoms with Crippen LogP contribution in [0.3, 0.4) is 0 Å². The largest absolute Gasteiger partial charge is 0.353 e. The highest BCUT2D eigenvalue weighted by molar-refractivity contribution is 5.81. The lowest BCUT2D eigenvalue weighted by Gasteiger charge is -2.23. The minimum atomic E-state index is -0.371. The smallest absolute Gasteiger partial charge is 0.236 e. The van der Waals surface area contributed by atoms with Gasteiger partial charge in [0.1, 0.15) is 0 Å². The molecule has 0 rings (SSSR count). The highest BCUT2D eigenvalue weighted by Crippen LogP contribution is 2.02. The first-order valence-corrected chi connectivity index (χ1v) is 6.62. The third-order valence-electron chi connectivity index (χ3n) is 3.17. The number of carbonyl (C=O) groups excluding carboxylic acids is 1. The zero-order chi connectivity index (χ0) is 13.4. The van der Waals surface area contributed by atoms with E-state index in [0.29, 0.717) is 18.5 Å². The number of nitrogens with one attached hydrogen (secondary N) is 1. The summed E-state index contributed by atoms with van der Waals surface area (Å²) < 4.78 is 0. The summed E-state index contributed by atoms with van der Waals surface area (Å²) in [4.78, 5) is 13.9. The molecule has 0 saturated carbocycles. The van der Waals surface area contributed by atoms with E-state index in [9.17, 15) is 4.79 Å². The van der Waals surface area contributed by atoms with Gasteiger partial charge in [-0.05, 0) is 32.7 Å². The highest BCUT2D eigenvalue weighted by atomic mass is 16.2. The quantitative estimate of drug-likeness (QED) is 0.673. The van der Waals surface area contributed by atoms with Gasteiger partial charge in [0, 0.05) is 19.1 Å². The summed E-state index contributed by atoms with van der Waals surface area (Å²) in [6, 6.07) is 0.181. The summed E-state index contributed by atoms with van der Waals surface area (Å²) >= 11 is 0. The Morgan fingerprint density at radius 2 is 1.94 bits per heavy atom. The van der Waals surface area contributed by atoms with Crippen molar-refractivity contribution in [3.8, 4) is 0 Å². The Labute approximate surface area is 106 Å². The van der Waals surface area contributed by atoms with Gasteiger partial charge >= 0.3 is 0 Å². The number of nitrogens with zero attached hydrogens (tertiary/aromatic N) is 1. The number of rotatable bonds is 8. The maximum atomic E-state index is 11.6. The first-order valence-electron chi connectivity index (χ1n) is 6.62.